The van der Waals surface area contributed by atoms with Gasteiger partial charge < -0.3 is 14.5 Å². The number of hydrogen-bond donors (Lipinski definition) is 0. The monoisotopic (exact) mass is 228 g/mol. The minimum Gasteiger partial charge on any atom is -0.467 e. The highest BCUT2D eigenvalue weighted by molar-refractivity contribution is 5.83. The summed E-state index contributed by atoms with van der Waals surface area (Å²) in [7, 11) is 5.33. The number of esters is 1. The van der Waals surface area contributed by atoms with Gasteiger partial charge in [0.05, 0.1) is 7.11 Å². The Balaban J connectivity index is 2.75. The Bertz CT molecular complexity index is 278. The van der Waals surface area contributed by atoms with E-state index in [4.69, 9.17) is 4.74 Å². The molecule has 2 atom stereocenters. The summed E-state index contributed by atoms with van der Waals surface area (Å²) >= 11 is 0. The summed E-state index contributed by atoms with van der Waals surface area (Å²) < 4.78 is 4.72. The largest absolute Gasteiger partial charge is 0.467 e. The fourth-order valence-corrected chi connectivity index (χ4v) is 2.10. The first-order valence-electron chi connectivity index (χ1n) is 5.48. The van der Waals surface area contributed by atoms with Crippen LogP contribution in [0.2, 0.25) is 0 Å². The molecule has 5 nitrogen and oxygen atoms in total. The van der Waals surface area contributed by atoms with E-state index in [1.807, 2.05) is 14.1 Å². The van der Waals surface area contributed by atoms with E-state index in [0.717, 1.165) is 6.42 Å². The molecule has 1 aliphatic heterocycles. The van der Waals surface area contributed by atoms with Gasteiger partial charge in [0.15, 0.2) is 0 Å². The Morgan fingerprint density at radius 3 is 2.38 bits per heavy atom. The Labute approximate surface area is 96.3 Å². The van der Waals surface area contributed by atoms with Crippen LogP contribution in [0.4, 0.5) is 0 Å². The number of amides is 1. The SMILES string of the molecule is COC(=O)[C@@H]1CC[C@@H](N(C)C)CN1C(C)=O. The van der Waals surface area contributed by atoms with Crippen LogP contribution in [-0.4, -0.2) is 61.5 Å². The van der Waals surface area contributed by atoms with Gasteiger partial charge in [0, 0.05) is 19.5 Å². The molecule has 92 valence electrons. The van der Waals surface area contributed by atoms with Crippen molar-refractivity contribution in [2.24, 2.45) is 0 Å². The first-order valence-corrected chi connectivity index (χ1v) is 5.48. The molecule has 0 radical (unpaired) electrons. The third-order valence-corrected chi connectivity index (χ3v) is 3.17. The highest BCUT2D eigenvalue weighted by Crippen LogP contribution is 2.21. The number of nitrogens with zero attached hydrogens (tertiary/aromatic N) is 2. The molecule has 0 saturated carbocycles. The molecular formula is C11H20N2O3. The lowest BCUT2D eigenvalue weighted by atomic mass is 9.97. The molecule has 0 aromatic heterocycles. The summed E-state index contributed by atoms with van der Waals surface area (Å²) in [5.74, 6) is -0.380. The lowest BCUT2D eigenvalue weighted by Gasteiger charge is -2.39. The molecule has 5 heteroatoms. The average molecular weight is 228 g/mol. The maximum absolute atomic E-state index is 11.5. The maximum Gasteiger partial charge on any atom is 0.328 e. The number of likely N-dealkylation sites (N-methyl/N-ethyl adjacent to an activating group) is 1. The van der Waals surface area contributed by atoms with Gasteiger partial charge in [-0.05, 0) is 26.9 Å². The van der Waals surface area contributed by atoms with Crippen LogP contribution in [0.1, 0.15) is 19.8 Å². The summed E-state index contributed by atoms with van der Waals surface area (Å²) in [4.78, 5) is 26.7. The molecule has 0 aliphatic carbocycles. The molecule has 1 amide bonds. The van der Waals surface area contributed by atoms with Gasteiger partial charge in [0.25, 0.3) is 0 Å². The van der Waals surface area contributed by atoms with Gasteiger partial charge in [-0.3, -0.25) is 4.79 Å². The molecule has 1 heterocycles. The zero-order valence-electron chi connectivity index (χ0n) is 10.4. The molecule has 0 N–H and O–H groups in total. The van der Waals surface area contributed by atoms with Crippen molar-refractivity contribution in [3.05, 3.63) is 0 Å². The van der Waals surface area contributed by atoms with E-state index in [-0.39, 0.29) is 11.9 Å². The normalized spacial score (nSPS) is 25.7. The van der Waals surface area contributed by atoms with E-state index >= 15 is 0 Å². The van der Waals surface area contributed by atoms with Crippen LogP contribution in [-0.2, 0) is 14.3 Å². The smallest absolute Gasteiger partial charge is 0.328 e. The molecular weight excluding hydrogens is 208 g/mol. The van der Waals surface area contributed by atoms with Crippen molar-refractivity contribution in [1.29, 1.82) is 0 Å². The van der Waals surface area contributed by atoms with Crippen LogP contribution in [0.3, 0.4) is 0 Å². The number of methoxy groups -OCH3 is 1. The molecule has 0 spiro atoms. The Kier molecular flexibility index (Phi) is 4.29. The second-order valence-electron chi connectivity index (χ2n) is 4.41. The minimum absolute atomic E-state index is 0.0676. The topological polar surface area (TPSA) is 49.9 Å². The number of carbonyl (C=O) groups excluding carboxylic acids is 2. The van der Waals surface area contributed by atoms with E-state index in [2.05, 4.69) is 4.90 Å². The van der Waals surface area contributed by atoms with Crippen molar-refractivity contribution in [3.8, 4) is 0 Å². The summed E-state index contributed by atoms with van der Waals surface area (Å²) in [5.41, 5.74) is 0. The summed E-state index contributed by atoms with van der Waals surface area (Å²) in [6.45, 7) is 2.09. The van der Waals surface area contributed by atoms with Crippen molar-refractivity contribution in [3.63, 3.8) is 0 Å². The number of likely N-dealkylation sites (tertiary alicyclic amines) is 1. The van der Waals surface area contributed by atoms with E-state index < -0.39 is 6.04 Å². The Hall–Kier alpha value is -1.10. The number of carbonyl (C=O) groups is 2. The van der Waals surface area contributed by atoms with E-state index in [1.165, 1.54) is 14.0 Å². The van der Waals surface area contributed by atoms with Gasteiger partial charge >= 0.3 is 5.97 Å². The molecule has 1 saturated heterocycles. The number of hydrogen-bond acceptors (Lipinski definition) is 4. The highest BCUT2D eigenvalue weighted by atomic mass is 16.5. The molecule has 0 unspecified atom stereocenters. The number of rotatable bonds is 2. The average Bonchev–Trinajstić information content (AvgIpc) is 2.26. The van der Waals surface area contributed by atoms with Crippen LogP contribution >= 0.6 is 0 Å². The zero-order valence-corrected chi connectivity index (χ0v) is 10.4. The Morgan fingerprint density at radius 2 is 1.94 bits per heavy atom. The van der Waals surface area contributed by atoms with Crippen LogP contribution in [0, 0.1) is 0 Å². The van der Waals surface area contributed by atoms with E-state index in [0.29, 0.717) is 19.0 Å². The third kappa shape index (κ3) is 2.72. The van der Waals surface area contributed by atoms with Crippen LogP contribution in [0.15, 0.2) is 0 Å². The van der Waals surface area contributed by atoms with Gasteiger partial charge in [-0.15, -0.1) is 0 Å². The second-order valence-corrected chi connectivity index (χ2v) is 4.41. The van der Waals surface area contributed by atoms with Crippen molar-refractivity contribution < 1.29 is 14.3 Å². The van der Waals surface area contributed by atoms with Crippen LogP contribution in [0.25, 0.3) is 0 Å². The van der Waals surface area contributed by atoms with Crippen molar-refractivity contribution >= 4 is 11.9 Å². The predicted octanol–water partition coefficient (Wildman–Crippen LogP) is 0.100. The molecule has 0 bridgehead atoms. The molecule has 1 aliphatic rings. The predicted molar refractivity (Wildman–Crippen MR) is 59.9 cm³/mol. The van der Waals surface area contributed by atoms with Gasteiger partial charge in [-0.25, -0.2) is 4.79 Å². The first kappa shape index (κ1) is 13.0. The summed E-state index contributed by atoms with van der Waals surface area (Å²) in [6, 6.07) is -0.0801. The highest BCUT2D eigenvalue weighted by Gasteiger charge is 2.35. The quantitative estimate of drug-likeness (QED) is 0.629. The third-order valence-electron chi connectivity index (χ3n) is 3.17. The van der Waals surface area contributed by atoms with E-state index in [1.54, 1.807) is 4.90 Å². The van der Waals surface area contributed by atoms with Gasteiger partial charge in [-0.2, -0.15) is 0 Å². The maximum atomic E-state index is 11.5. The fourth-order valence-electron chi connectivity index (χ4n) is 2.10. The molecule has 0 aromatic rings. The Morgan fingerprint density at radius 1 is 1.31 bits per heavy atom. The molecule has 1 rings (SSSR count). The fraction of sp³-hybridized carbons (Fsp3) is 0.818. The zero-order chi connectivity index (χ0) is 12.3. The molecule has 1 fully saturated rings. The lowest BCUT2D eigenvalue weighted by Crippen LogP contribution is -2.54. The van der Waals surface area contributed by atoms with Gasteiger partial charge in [0.2, 0.25) is 5.91 Å². The number of ether oxygens (including phenoxy) is 1. The standard InChI is InChI=1S/C11H20N2O3/c1-8(14)13-7-9(12(2)3)5-6-10(13)11(15)16-4/h9-10H,5-7H2,1-4H3/t9-,10+/m1/s1. The minimum atomic E-state index is -0.404. The lowest BCUT2D eigenvalue weighted by molar-refractivity contribution is -0.155. The van der Waals surface area contributed by atoms with Crippen LogP contribution < -0.4 is 0 Å². The first-order chi connectivity index (χ1) is 7.47. The summed E-state index contributed by atoms with van der Waals surface area (Å²) in [6.07, 6.45) is 1.59. The molecule has 0 aromatic carbocycles. The van der Waals surface area contributed by atoms with Crippen LogP contribution in [0.5, 0.6) is 0 Å². The summed E-state index contributed by atoms with van der Waals surface area (Å²) in [5, 5.41) is 0. The van der Waals surface area contributed by atoms with E-state index in [9.17, 15) is 9.59 Å². The van der Waals surface area contributed by atoms with Crippen molar-refractivity contribution in [1.82, 2.24) is 9.80 Å². The number of piperidine rings is 1. The van der Waals surface area contributed by atoms with Gasteiger partial charge in [-0.1, -0.05) is 0 Å². The van der Waals surface area contributed by atoms with Crippen molar-refractivity contribution in [2.45, 2.75) is 31.8 Å². The van der Waals surface area contributed by atoms with Gasteiger partial charge in [0.1, 0.15) is 6.04 Å². The molecule has 16 heavy (non-hydrogen) atoms. The second kappa shape index (κ2) is 5.30. The van der Waals surface area contributed by atoms with Crippen molar-refractivity contribution in [2.75, 3.05) is 27.7 Å².